The quantitative estimate of drug-likeness (QED) is 0.291. The first kappa shape index (κ1) is 21.1. The van der Waals surface area contributed by atoms with Gasteiger partial charge in [0.15, 0.2) is 19.0 Å². The van der Waals surface area contributed by atoms with Crippen LogP contribution >= 0.6 is 11.8 Å². The number of esters is 1. The number of thioether (sulfide) groups is 1. The van der Waals surface area contributed by atoms with Gasteiger partial charge in [0.2, 0.25) is 0 Å². The molecule has 148 valence electrons. The number of nitrogens with zero attached hydrogens (tertiary/aromatic N) is 1. The monoisotopic (exact) mass is 412 g/mol. The van der Waals surface area contributed by atoms with Crippen molar-refractivity contribution in [3.8, 4) is 5.75 Å². The minimum absolute atomic E-state index is 0.101. The van der Waals surface area contributed by atoms with Gasteiger partial charge in [0.25, 0.3) is 11.7 Å². The van der Waals surface area contributed by atoms with E-state index in [0.717, 1.165) is 0 Å². The van der Waals surface area contributed by atoms with Gasteiger partial charge in [-0.1, -0.05) is 23.9 Å². The molecule has 0 fully saturated rings. The van der Waals surface area contributed by atoms with E-state index in [9.17, 15) is 28.5 Å². The normalized spacial score (nSPS) is 10.4. The van der Waals surface area contributed by atoms with Gasteiger partial charge in [-0.15, -0.1) is 0 Å². The Morgan fingerprint density at radius 1 is 1.11 bits per heavy atom. The number of nitro groups is 1. The highest BCUT2D eigenvalue weighted by atomic mass is 32.2. The minimum atomic E-state index is -2.54. The predicted molar refractivity (Wildman–Crippen MR) is 96.5 cm³/mol. The fourth-order valence-corrected chi connectivity index (χ4v) is 2.47. The maximum atomic E-state index is 12.2. The zero-order valence-electron chi connectivity index (χ0n) is 14.2. The van der Waals surface area contributed by atoms with Crippen LogP contribution in [0.4, 0.5) is 20.2 Å². The van der Waals surface area contributed by atoms with Crippen molar-refractivity contribution < 1.29 is 32.8 Å². The molecule has 0 radical (unpaired) electrons. The van der Waals surface area contributed by atoms with Crippen LogP contribution in [0.5, 0.6) is 5.75 Å². The van der Waals surface area contributed by atoms with E-state index in [2.05, 4.69) is 5.32 Å². The van der Waals surface area contributed by atoms with Crippen LogP contribution in [-0.2, 0) is 14.3 Å². The zero-order chi connectivity index (χ0) is 20.5. The molecule has 2 rings (SSSR count). The molecule has 11 heteroatoms. The van der Waals surface area contributed by atoms with Gasteiger partial charge in [-0.25, -0.2) is 4.79 Å². The van der Waals surface area contributed by atoms with E-state index < -0.39 is 35.8 Å². The number of hydrogen-bond acceptors (Lipinski definition) is 7. The summed E-state index contributed by atoms with van der Waals surface area (Å²) < 4.78 is 34.3. The van der Waals surface area contributed by atoms with Crippen molar-refractivity contribution >= 4 is 35.0 Å². The second kappa shape index (κ2) is 10.2. The lowest BCUT2D eigenvalue weighted by molar-refractivity contribution is -0.385. The number of anilines is 1. The van der Waals surface area contributed by atoms with Gasteiger partial charge in [0.1, 0.15) is 0 Å². The van der Waals surface area contributed by atoms with Crippen LogP contribution in [0.1, 0.15) is 0 Å². The summed E-state index contributed by atoms with van der Waals surface area (Å²) >= 11 is 0.375. The number of halogens is 2. The summed E-state index contributed by atoms with van der Waals surface area (Å²) in [5.74, 6) is -4.18. The Morgan fingerprint density at radius 3 is 2.43 bits per heavy atom. The molecule has 1 amide bonds. The molecule has 0 aliphatic heterocycles. The molecule has 0 atom stereocenters. The molecule has 0 aliphatic carbocycles. The van der Waals surface area contributed by atoms with Crippen molar-refractivity contribution in [1.82, 2.24) is 0 Å². The molecule has 1 N–H and O–H groups in total. The summed E-state index contributed by atoms with van der Waals surface area (Å²) in [6.07, 6.45) is 0. The van der Waals surface area contributed by atoms with Crippen LogP contribution in [0.25, 0.3) is 0 Å². The van der Waals surface area contributed by atoms with Crippen molar-refractivity contribution in [3.63, 3.8) is 0 Å². The molecule has 0 spiro atoms. The number of ether oxygens (including phenoxy) is 2. The van der Waals surface area contributed by atoms with Crippen LogP contribution in [-0.4, -0.2) is 35.8 Å². The van der Waals surface area contributed by atoms with Crippen molar-refractivity contribution in [2.45, 2.75) is 10.7 Å². The van der Waals surface area contributed by atoms with E-state index in [1.807, 2.05) is 0 Å². The fourth-order valence-electron chi connectivity index (χ4n) is 1.97. The van der Waals surface area contributed by atoms with Crippen LogP contribution in [0.2, 0.25) is 0 Å². The number of carbonyl (C=O) groups is 2. The standard InChI is InChI=1S/C17H14F2N2O6S/c18-17(19)28-12-7-5-11(6-8-12)20-15(22)9-27-16(23)10-26-14-4-2-1-3-13(14)21(24)25/h1-8,17H,9-10H2,(H,20,22). The molecule has 0 aromatic heterocycles. The highest BCUT2D eigenvalue weighted by molar-refractivity contribution is 7.99. The van der Waals surface area contributed by atoms with Gasteiger partial charge in [-0.2, -0.15) is 8.78 Å². The Balaban J connectivity index is 1.76. The maximum absolute atomic E-state index is 12.2. The van der Waals surface area contributed by atoms with Crippen LogP contribution < -0.4 is 10.1 Å². The lowest BCUT2D eigenvalue weighted by atomic mass is 10.3. The Labute approximate surface area is 162 Å². The van der Waals surface area contributed by atoms with Gasteiger partial charge < -0.3 is 14.8 Å². The molecule has 2 aromatic rings. The van der Waals surface area contributed by atoms with Crippen molar-refractivity contribution in [1.29, 1.82) is 0 Å². The van der Waals surface area contributed by atoms with Gasteiger partial charge in [0.05, 0.1) is 4.92 Å². The number of para-hydroxylation sites is 2. The van der Waals surface area contributed by atoms with Gasteiger partial charge in [-0.05, 0) is 30.3 Å². The fraction of sp³-hybridized carbons (Fsp3) is 0.176. The number of nitro benzene ring substituents is 1. The van der Waals surface area contributed by atoms with E-state index in [1.54, 1.807) is 0 Å². The van der Waals surface area contributed by atoms with Crippen molar-refractivity contribution in [2.24, 2.45) is 0 Å². The third-order valence-electron chi connectivity index (χ3n) is 3.13. The van der Waals surface area contributed by atoms with E-state index in [-0.39, 0.29) is 11.4 Å². The number of nitrogens with one attached hydrogen (secondary N) is 1. The van der Waals surface area contributed by atoms with Crippen molar-refractivity contribution in [3.05, 3.63) is 58.6 Å². The minimum Gasteiger partial charge on any atom is -0.475 e. The van der Waals surface area contributed by atoms with Gasteiger partial charge in [0, 0.05) is 16.6 Å². The van der Waals surface area contributed by atoms with Gasteiger partial charge >= 0.3 is 11.7 Å². The van der Waals surface area contributed by atoms with E-state index in [0.29, 0.717) is 22.3 Å². The molecule has 0 heterocycles. The summed E-state index contributed by atoms with van der Waals surface area (Å²) in [4.78, 5) is 33.9. The number of carbonyl (C=O) groups excluding carboxylic acids is 2. The Hall–Kier alpha value is -3.21. The predicted octanol–water partition coefficient (Wildman–Crippen LogP) is 3.47. The molecule has 2 aromatic carbocycles. The Kier molecular flexibility index (Phi) is 7.69. The summed E-state index contributed by atoms with van der Waals surface area (Å²) in [5, 5.41) is 13.3. The third-order valence-corrected chi connectivity index (χ3v) is 3.86. The van der Waals surface area contributed by atoms with E-state index >= 15 is 0 Å². The molecular formula is C17H14F2N2O6S. The van der Waals surface area contributed by atoms with E-state index in [1.165, 1.54) is 48.5 Å². The smallest absolute Gasteiger partial charge is 0.344 e. The van der Waals surface area contributed by atoms with Gasteiger partial charge in [-0.3, -0.25) is 14.9 Å². The third kappa shape index (κ3) is 6.83. The largest absolute Gasteiger partial charge is 0.475 e. The zero-order valence-corrected chi connectivity index (χ0v) is 15.0. The molecule has 28 heavy (non-hydrogen) atoms. The molecule has 0 aliphatic rings. The number of rotatable bonds is 9. The molecule has 0 unspecified atom stereocenters. The number of benzene rings is 2. The van der Waals surface area contributed by atoms with Crippen LogP contribution in [0.3, 0.4) is 0 Å². The second-order valence-electron chi connectivity index (χ2n) is 5.13. The summed E-state index contributed by atoms with van der Waals surface area (Å²) in [7, 11) is 0. The maximum Gasteiger partial charge on any atom is 0.344 e. The Morgan fingerprint density at radius 2 is 1.79 bits per heavy atom. The highest BCUT2D eigenvalue weighted by Crippen LogP contribution is 2.26. The summed E-state index contributed by atoms with van der Waals surface area (Å²) in [6.45, 7) is -1.22. The average Bonchev–Trinajstić information content (AvgIpc) is 2.66. The van der Waals surface area contributed by atoms with Crippen LogP contribution in [0.15, 0.2) is 53.4 Å². The first-order chi connectivity index (χ1) is 13.3. The molecular weight excluding hydrogens is 398 g/mol. The Bertz CT molecular complexity index is 848. The molecule has 8 nitrogen and oxygen atoms in total. The highest BCUT2D eigenvalue weighted by Gasteiger charge is 2.16. The van der Waals surface area contributed by atoms with Crippen LogP contribution in [0, 0.1) is 10.1 Å². The summed E-state index contributed by atoms with van der Waals surface area (Å²) in [6, 6.07) is 11.2. The lowest BCUT2D eigenvalue weighted by Crippen LogP contribution is -2.23. The first-order valence-corrected chi connectivity index (χ1v) is 8.59. The second-order valence-corrected chi connectivity index (χ2v) is 6.19. The number of amides is 1. The molecule has 0 saturated carbocycles. The molecule has 0 saturated heterocycles. The summed E-state index contributed by atoms with van der Waals surface area (Å²) in [5.41, 5.74) is 0.0392. The molecule has 0 bridgehead atoms. The SMILES string of the molecule is O=C(COC(=O)COc1ccccc1[N+](=O)[O-])Nc1ccc(SC(F)F)cc1. The van der Waals surface area contributed by atoms with Crippen molar-refractivity contribution in [2.75, 3.05) is 18.5 Å². The number of alkyl halides is 2. The number of hydrogen-bond donors (Lipinski definition) is 1. The lowest BCUT2D eigenvalue weighted by Gasteiger charge is -2.08. The average molecular weight is 412 g/mol. The first-order valence-electron chi connectivity index (χ1n) is 7.71. The topological polar surface area (TPSA) is 108 Å². The van der Waals surface area contributed by atoms with E-state index in [4.69, 9.17) is 9.47 Å².